The van der Waals surface area contributed by atoms with Crippen LogP contribution in [0.2, 0.25) is 0 Å². The first-order valence-corrected chi connectivity index (χ1v) is 4.92. The Hall–Kier alpha value is -1.30. The second-order valence-corrected chi connectivity index (χ2v) is 3.62. The molecule has 0 saturated carbocycles. The van der Waals surface area contributed by atoms with Gasteiger partial charge in [0.25, 0.3) is 0 Å². The molecule has 0 aromatic carbocycles. The Labute approximate surface area is 91.9 Å². The number of hydrogen-bond donors (Lipinski definition) is 2. The number of nitrogens with zero attached hydrogens (tertiary/aromatic N) is 1. The van der Waals surface area contributed by atoms with Crippen LogP contribution < -0.4 is 11.1 Å². The first kappa shape index (κ1) is 12.8. The maximum Gasteiger partial charge on any atom is 0.416 e. The minimum atomic E-state index is -4.33. The van der Waals surface area contributed by atoms with Gasteiger partial charge in [-0.3, -0.25) is 0 Å². The lowest BCUT2D eigenvalue weighted by Gasteiger charge is -2.10. The maximum absolute atomic E-state index is 12.3. The van der Waals surface area contributed by atoms with Gasteiger partial charge < -0.3 is 11.1 Å². The van der Waals surface area contributed by atoms with Crippen molar-refractivity contribution in [2.24, 2.45) is 5.73 Å². The number of alkyl halides is 3. The Morgan fingerprint density at radius 3 is 2.75 bits per heavy atom. The number of nitrogens with one attached hydrogen (secondary N) is 1. The molecule has 6 heteroatoms. The van der Waals surface area contributed by atoms with Gasteiger partial charge in [0.05, 0.1) is 5.56 Å². The van der Waals surface area contributed by atoms with Gasteiger partial charge in [-0.25, -0.2) is 4.98 Å². The average Bonchev–Trinajstić information content (AvgIpc) is 2.16. The van der Waals surface area contributed by atoms with Crippen molar-refractivity contribution in [3.8, 4) is 0 Å². The molecule has 1 atom stereocenters. The van der Waals surface area contributed by atoms with Crippen LogP contribution in [0.25, 0.3) is 0 Å². The molecular formula is C10H14F3N3. The second kappa shape index (κ2) is 5.16. The van der Waals surface area contributed by atoms with Gasteiger partial charge in [0.1, 0.15) is 5.82 Å². The van der Waals surface area contributed by atoms with Gasteiger partial charge in [-0.2, -0.15) is 13.2 Å². The molecule has 1 aromatic rings. The topological polar surface area (TPSA) is 50.9 Å². The lowest BCUT2D eigenvalue weighted by Crippen LogP contribution is -2.19. The highest BCUT2D eigenvalue weighted by Crippen LogP contribution is 2.29. The second-order valence-electron chi connectivity index (χ2n) is 3.62. The predicted molar refractivity (Wildman–Crippen MR) is 56.0 cm³/mol. The summed E-state index contributed by atoms with van der Waals surface area (Å²) in [5.74, 6) is 0.218. The fraction of sp³-hybridized carbons (Fsp3) is 0.500. The molecule has 90 valence electrons. The number of hydrogen-bond acceptors (Lipinski definition) is 3. The molecule has 3 nitrogen and oxygen atoms in total. The summed E-state index contributed by atoms with van der Waals surface area (Å²) in [6.45, 7) is 2.34. The van der Waals surface area contributed by atoms with Crippen LogP contribution in [0.15, 0.2) is 18.3 Å². The Kier molecular flexibility index (Phi) is 4.12. The zero-order valence-corrected chi connectivity index (χ0v) is 8.88. The van der Waals surface area contributed by atoms with E-state index in [2.05, 4.69) is 10.3 Å². The highest BCUT2D eigenvalue weighted by atomic mass is 19.4. The van der Waals surface area contributed by atoms with E-state index in [0.717, 1.165) is 18.3 Å². The van der Waals surface area contributed by atoms with E-state index in [1.54, 1.807) is 0 Å². The van der Waals surface area contributed by atoms with E-state index in [1.165, 1.54) is 0 Å². The monoisotopic (exact) mass is 233 g/mol. The summed E-state index contributed by atoms with van der Waals surface area (Å²) in [6, 6.07) is 1.94. The van der Waals surface area contributed by atoms with Gasteiger partial charge >= 0.3 is 6.18 Å². The molecule has 0 aliphatic rings. The Bertz CT molecular complexity index is 336. The summed E-state index contributed by atoms with van der Waals surface area (Å²) < 4.78 is 37.0. The molecule has 0 radical (unpaired) electrons. The smallest absolute Gasteiger partial charge is 0.370 e. The van der Waals surface area contributed by atoms with Gasteiger partial charge in [0.15, 0.2) is 0 Å². The SMILES string of the molecule is CC(N)CCNc1cc(C(F)(F)F)ccn1. The zero-order valence-electron chi connectivity index (χ0n) is 8.88. The number of pyridine rings is 1. The van der Waals surface area contributed by atoms with E-state index < -0.39 is 11.7 Å². The summed E-state index contributed by atoms with van der Waals surface area (Å²) in [5.41, 5.74) is 4.81. The van der Waals surface area contributed by atoms with Crippen molar-refractivity contribution in [1.82, 2.24) is 4.98 Å². The molecule has 0 spiro atoms. The van der Waals surface area contributed by atoms with Crippen LogP contribution >= 0.6 is 0 Å². The summed E-state index contributed by atoms with van der Waals surface area (Å²) in [5, 5.41) is 2.80. The van der Waals surface area contributed by atoms with E-state index in [9.17, 15) is 13.2 Å². The standard InChI is InChI=1S/C10H14F3N3/c1-7(14)2-4-15-9-6-8(3-5-16-9)10(11,12)13/h3,5-7H,2,4,14H2,1H3,(H,15,16). The van der Waals surface area contributed by atoms with Gasteiger partial charge in [-0.15, -0.1) is 0 Å². The molecule has 1 heterocycles. The largest absolute Gasteiger partial charge is 0.416 e. The van der Waals surface area contributed by atoms with Crippen LogP contribution in [0, 0.1) is 0 Å². The molecule has 1 rings (SSSR count). The third-order valence-corrected chi connectivity index (χ3v) is 1.99. The fourth-order valence-corrected chi connectivity index (χ4v) is 1.13. The first-order chi connectivity index (χ1) is 7.39. The van der Waals surface area contributed by atoms with Crippen molar-refractivity contribution in [2.45, 2.75) is 25.6 Å². The molecule has 0 amide bonds. The van der Waals surface area contributed by atoms with Crippen molar-refractivity contribution in [2.75, 3.05) is 11.9 Å². The van der Waals surface area contributed by atoms with Gasteiger partial charge in [-0.05, 0) is 25.5 Å². The Balaban J connectivity index is 2.61. The van der Waals surface area contributed by atoms with Crippen LogP contribution in [0.3, 0.4) is 0 Å². The van der Waals surface area contributed by atoms with E-state index in [-0.39, 0.29) is 11.9 Å². The van der Waals surface area contributed by atoms with E-state index >= 15 is 0 Å². The lowest BCUT2D eigenvalue weighted by molar-refractivity contribution is -0.137. The Morgan fingerprint density at radius 2 is 2.19 bits per heavy atom. The van der Waals surface area contributed by atoms with Crippen LogP contribution in [-0.4, -0.2) is 17.6 Å². The summed E-state index contributed by atoms with van der Waals surface area (Å²) in [6.07, 6.45) is -2.52. The molecular weight excluding hydrogens is 219 g/mol. The highest BCUT2D eigenvalue weighted by Gasteiger charge is 2.30. The molecule has 16 heavy (non-hydrogen) atoms. The van der Waals surface area contributed by atoms with Crippen molar-refractivity contribution in [3.05, 3.63) is 23.9 Å². The quantitative estimate of drug-likeness (QED) is 0.838. The third kappa shape index (κ3) is 4.06. The van der Waals surface area contributed by atoms with Crippen molar-refractivity contribution >= 4 is 5.82 Å². The molecule has 3 N–H and O–H groups in total. The van der Waals surface area contributed by atoms with E-state index in [0.29, 0.717) is 13.0 Å². The lowest BCUT2D eigenvalue weighted by atomic mass is 10.2. The first-order valence-electron chi connectivity index (χ1n) is 4.92. The van der Waals surface area contributed by atoms with Gasteiger partial charge in [0, 0.05) is 18.8 Å². The molecule has 1 aromatic heterocycles. The molecule has 0 saturated heterocycles. The van der Waals surface area contributed by atoms with Crippen molar-refractivity contribution in [1.29, 1.82) is 0 Å². The normalized spacial score (nSPS) is 13.6. The number of halogens is 3. The van der Waals surface area contributed by atoms with E-state index in [4.69, 9.17) is 5.73 Å². The molecule has 0 aliphatic carbocycles. The molecule has 0 aliphatic heterocycles. The Morgan fingerprint density at radius 1 is 1.50 bits per heavy atom. The highest BCUT2D eigenvalue weighted by molar-refractivity contribution is 5.38. The fourth-order valence-electron chi connectivity index (χ4n) is 1.13. The predicted octanol–water partition coefficient (Wildman–Crippen LogP) is 2.25. The van der Waals surface area contributed by atoms with Crippen LogP contribution in [-0.2, 0) is 6.18 Å². The van der Waals surface area contributed by atoms with Crippen molar-refractivity contribution in [3.63, 3.8) is 0 Å². The minimum Gasteiger partial charge on any atom is -0.370 e. The number of anilines is 1. The molecule has 0 fully saturated rings. The molecule has 1 unspecified atom stereocenters. The summed E-state index contributed by atoms with van der Waals surface area (Å²) in [7, 11) is 0. The average molecular weight is 233 g/mol. The van der Waals surface area contributed by atoms with E-state index in [1.807, 2.05) is 6.92 Å². The summed E-state index contributed by atoms with van der Waals surface area (Å²) >= 11 is 0. The zero-order chi connectivity index (χ0) is 12.2. The number of aromatic nitrogens is 1. The maximum atomic E-state index is 12.3. The van der Waals surface area contributed by atoms with Crippen molar-refractivity contribution < 1.29 is 13.2 Å². The summed E-state index contributed by atoms with van der Waals surface area (Å²) in [4.78, 5) is 3.80. The number of nitrogens with two attached hydrogens (primary N) is 1. The third-order valence-electron chi connectivity index (χ3n) is 1.99. The van der Waals surface area contributed by atoms with Crippen LogP contribution in [0.4, 0.5) is 19.0 Å². The number of rotatable bonds is 4. The van der Waals surface area contributed by atoms with Gasteiger partial charge in [-0.1, -0.05) is 0 Å². The molecule has 0 bridgehead atoms. The minimum absolute atomic E-state index is 0.0123. The van der Waals surface area contributed by atoms with Crippen LogP contribution in [0.5, 0.6) is 0 Å². The van der Waals surface area contributed by atoms with Gasteiger partial charge in [0.2, 0.25) is 0 Å². The van der Waals surface area contributed by atoms with Crippen LogP contribution in [0.1, 0.15) is 18.9 Å².